The number of aliphatic hydroxyl groups is 1. The molecule has 2 rings (SSSR count). The summed E-state index contributed by atoms with van der Waals surface area (Å²) in [5.41, 5.74) is 2.32. The normalized spacial score (nSPS) is 10.9. The molecule has 0 atom stereocenters. The van der Waals surface area contributed by atoms with Gasteiger partial charge in [-0.3, -0.25) is 4.98 Å². The molecule has 0 aliphatic carbocycles. The molecule has 0 aliphatic heterocycles. The molecule has 68 valence electrons. The second-order valence-corrected chi connectivity index (χ2v) is 3.12. The lowest BCUT2D eigenvalue weighted by Crippen LogP contribution is -1.99. The summed E-state index contributed by atoms with van der Waals surface area (Å²) in [6.07, 6.45) is 5.67. The Hall–Kier alpha value is -1.35. The van der Waals surface area contributed by atoms with Crippen LogP contribution in [0.1, 0.15) is 5.56 Å². The van der Waals surface area contributed by atoms with Crippen LogP contribution in [0.5, 0.6) is 0 Å². The Labute approximate surface area is 76.6 Å². The average Bonchev–Trinajstić information content (AvgIpc) is 2.46. The number of aromatic nitrogens is 2. The van der Waals surface area contributed by atoms with Crippen LogP contribution in [0.4, 0.5) is 0 Å². The van der Waals surface area contributed by atoms with E-state index in [-0.39, 0.29) is 6.61 Å². The molecule has 3 nitrogen and oxygen atoms in total. The van der Waals surface area contributed by atoms with Crippen LogP contribution in [0.25, 0.3) is 10.9 Å². The highest BCUT2D eigenvalue weighted by Crippen LogP contribution is 2.18. The summed E-state index contributed by atoms with van der Waals surface area (Å²) in [6, 6.07) is 2.00. The first-order chi connectivity index (χ1) is 6.33. The van der Waals surface area contributed by atoms with Crippen molar-refractivity contribution in [3.63, 3.8) is 0 Å². The summed E-state index contributed by atoms with van der Waals surface area (Å²) in [7, 11) is 0. The molecule has 0 aliphatic rings. The Morgan fingerprint density at radius 3 is 3.15 bits per heavy atom. The maximum absolute atomic E-state index is 8.85. The third-order valence-electron chi connectivity index (χ3n) is 2.22. The molecule has 1 N–H and O–H groups in total. The molecule has 0 saturated carbocycles. The van der Waals surface area contributed by atoms with Crippen molar-refractivity contribution >= 4 is 10.9 Å². The van der Waals surface area contributed by atoms with Gasteiger partial charge in [0.1, 0.15) is 0 Å². The van der Waals surface area contributed by atoms with Crippen LogP contribution in [0.3, 0.4) is 0 Å². The van der Waals surface area contributed by atoms with Gasteiger partial charge in [0.2, 0.25) is 0 Å². The molecule has 0 saturated heterocycles. The van der Waals surface area contributed by atoms with Crippen LogP contribution < -0.4 is 0 Å². The highest BCUT2D eigenvalue weighted by Gasteiger charge is 2.03. The van der Waals surface area contributed by atoms with Crippen LogP contribution in [-0.4, -0.2) is 21.3 Å². The van der Waals surface area contributed by atoms with Crippen LogP contribution in [0, 0.1) is 6.92 Å². The maximum Gasteiger partial charge on any atom is 0.0670 e. The monoisotopic (exact) mass is 176 g/mol. The molecule has 2 aromatic rings. The van der Waals surface area contributed by atoms with Crippen molar-refractivity contribution in [2.45, 2.75) is 13.5 Å². The third kappa shape index (κ3) is 1.31. The predicted octanol–water partition coefficient (Wildman–Crippen LogP) is 1.34. The van der Waals surface area contributed by atoms with E-state index in [0.717, 1.165) is 5.52 Å². The maximum atomic E-state index is 8.85. The topological polar surface area (TPSA) is 38.0 Å². The molecule has 0 amide bonds. The molecule has 13 heavy (non-hydrogen) atoms. The lowest BCUT2D eigenvalue weighted by atomic mass is 10.2. The van der Waals surface area contributed by atoms with Gasteiger partial charge in [-0.15, -0.1) is 0 Å². The Kier molecular flexibility index (Phi) is 2.02. The van der Waals surface area contributed by atoms with Gasteiger partial charge in [0.05, 0.1) is 18.3 Å². The number of aryl methyl sites for hydroxylation is 1. The zero-order chi connectivity index (χ0) is 9.26. The van der Waals surface area contributed by atoms with Crippen molar-refractivity contribution in [2.75, 3.05) is 6.61 Å². The van der Waals surface area contributed by atoms with Crippen LogP contribution in [0.2, 0.25) is 0 Å². The van der Waals surface area contributed by atoms with Gasteiger partial charge in [0.15, 0.2) is 0 Å². The fourth-order valence-electron chi connectivity index (χ4n) is 1.61. The lowest BCUT2D eigenvalue weighted by molar-refractivity contribution is 0.278. The van der Waals surface area contributed by atoms with E-state index in [1.54, 1.807) is 6.20 Å². The SMILES string of the molecule is Cc1cn(CCO)c2cnccc12. The first-order valence-electron chi connectivity index (χ1n) is 4.33. The number of hydrogen-bond donors (Lipinski definition) is 1. The van der Waals surface area contributed by atoms with E-state index in [0.29, 0.717) is 6.54 Å². The molecule has 0 bridgehead atoms. The summed E-state index contributed by atoms with van der Waals surface area (Å²) >= 11 is 0. The molecule has 0 aromatic carbocycles. The van der Waals surface area contributed by atoms with E-state index in [1.807, 2.05) is 23.0 Å². The molecule has 2 aromatic heterocycles. The van der Waals surface area contributed by atoms with Crippen molar-refractivity contribution in [1.82, 2.24) is 9.55 Å². The lowest BCUT2D eigenvalue weighted by Gasteiger charge is -2.00. The van der Waals surface area contributed by atoms with Gasteiger partial charge in [0.25, 0.3) is 0 Å². The number of fused-ring (bicyclic) bond motifs is 1. The summed E-state index contributed by atoms with van der Waals surface area (Å²) < 4.78 is 2.03. The van der Waals surface area contributed by atoms with Gasteiger partial charge in [0, 0.05) is 24.3 Å². The third-order valence-corrected chi connectivity index (χ3v) is 2.22. The Morgan fingerprint density at radius 2 is 2.38 bits per heavy atom. The zero-order valence-corrected chi connectivity index (χ0v) is 7.57. The Morgan fingerprint density at radius 1 is 1.54 bits per heavy atom. The molecule has 2 heterocycles. The van der Waals surface area contributed by atoms with Crippen LogP contribution in [-0.2, 0) is 6.54 Å². The summed E-state index contributed by atoms with van der Waals surface area (Å²) in [4.78, 5) is 4.07. The number of aliphatic hydroxyl groups excluding tert-OH is 1. The minimum absolute atomic E-state index is 0.165. The first-order valence-corrected chi connectivity index (χ1v) is 4.33. The van der Waals surface area contributed by atoms with Crippen molar-refractivity contribution in [2.24, 2.45) is 0 Å². The smallest absolute Gasteiger partial charge is 0.0670 e. The second-order valence-electron chi connectivity index (χ2n) is 3.12. The number of rotatable bonds is 2. The number of nitrogens with zero attached hydrogens (tertiary/aromatic N) is 2. The van der Waals surface area contributed by atoms with Gasteiger partial charge >= 0.3 is 0 Å². The minimum Gasteiger partial charge on any atom is -0.395 e. The molecule has 0 spiro atoms. The van der Waals surface area contributed by atoms with E-state index >= 15 is 0 Å². The van der Waals surface area contributed by atoms with E-state index < -0.39 is 0 Å². The average molecular weight is 176 g/mol. The van der Waals surface area contributed by atoms with E-state index in [1.165, 1.54) is 10.9 Å². The van der Waals surface area contributed by atoms with E-state index in [4.69, 9.17) is 5.11 Å². The molecular formula is C10H12N2O. The van der Waals surface area contributed by atoms with Gasteiger partial charge < -0.3 is 9.67 Å². The highest BCUT2D eigenvalue weighted by atomic mass is 16.3. The van der Waals surface area contributed by atoms with Crippen molar-refractivity contribution in [3.8, 4) is 0 Å². The van der Waals surface area contributed by atoms with Crippen molar-refractivity contribution < 1.29 is 5.11 Å². The molecule has 0 fully saturated rings. The molecule has 0 radical (unpaired) electrons. The first kappa shape index (κ1) is 8.26. The summed E-state index contributed by atoms with van der Waals surface area (Å²) in [5.74, 6) is 0. The number of hydrogen-bond acceptors (Lipinski definition) is 2. The van der Waals surface area contributed by atoms with Crippen molar-refractivity contribution in [1.29, 1.82) is 0 Å². The van der Waals surface area contributed by atoms with Gasteiger partial charge in [-0.05, 0) is 18.6 Å². The minimum atomic E-state index is 0.165. The van der Waals surface area contributed by atoms with E-state index in [2.05, 4.69) is 11.9 Å². The Bertz CT molecular complexity index is 420. The van der Waals surface area contributed by atoms with E-state index in [9.17, 15) is 0 Å². The predicted molar refractivity (Wildman–Crippen MR) is 51.6 cm³/mol. The molecule has 3 heteroatoms. The summed E-state index contributed by atoms with van der Waals surface area (Å²) in [6.45, 7) is 2.87. The van der Waals surface area contributed by atoms with Crippen LogP contribution >= 0.6 is 0 Å². The van der Waals surface area contributed by atoms with Gasteiger partial charge in [-0.25, -0.2) is 0 Å². The fraction of sp³-hybridized carbons (Fsp3) is 0.300. The quantitative estimate of drug-likeness (QED) is 0.749. The van der Waals surface area contributed by atoms with Crippen LogP contribution in [0.15, 0.2) is 24.7 Å². The second kappa shape index (κ2) is 3.18. The summed E-state index contributed by atoms with van der Waals surface area (Å²) in [5, 5.41) is 10.1. The standard InChI is InChI=1S/C10H12N2O/c1-8-7-12(4-5-13)10-6-11-3-2-9(8)10/h2-3,6-7,13H,4-5H2,1H3. The fourth-order valence-corrected chi connectivity index (χ4v) is 1.61. The zero-order valence-electron chi connectivity index (χ0n) is 7.57. The van der Waals surface area contributed by atoms with Gasteiger partial charge in [-0.1, -0.05) is 0 Å². The van der Waals surface area contributed by atoms with Gasteiger partial charge in [-0.2, -0.15) is 0 Å². The van der Waals surface area contributed by atoms with Crippen molar-refractivity contribution in [3.05, 3.63) is 30.2 Å². The molecular weight excluding hydrogens is 164 g/mol. The Balaban J connectivity index is 2.63. The highest BCUT2D eigenvalue weighted by molar-refractivity contribution is 5.82. The molecule has 0 unspecified atom stereocenters. The number of pyridine rings is 1. The largest absolute Gasteiger partial charge is 0.395 e.